The maximum atomic E-state index is 12.7. The zero-order valence-corrected chi connectivity index (χ0v) is 13.9. The van der Waals surface area contributed by atoms with Crippen molar-refractivity contribution < 1.29 is 9.59 Å². The first kappa shape index (κ1) is 16.2. The monoisotopic (exact) mass is 327 g/mol. The molecule has 0 radical (unpaired) electrons. The molecule has 2 aromatic rings. The molecule has 3 heterocycles. The molecule has 3 rings (SSSR count). The average molecular weight is 327 g/mol. The fourth-order valence-electron chi connectivity index (χ4n) is 2.82. The third-order valence-corrected chi connectivity index (χ3v) is 4.33. The first-order valence-corrected chi connectivity index (χ1v) is 8.07. The SMILES string of the molecule is CC(=O)N1CCN(C(=O)C(C)n2ccc(-c3ccccn3)n2)CC1. The summed E-state index contributed by atoms with van der Waals surface area (Å²) in [5.74, 6) is 0.0797. The van der Waals surface area contributed by atoms with Crippen LogP contribution in [0.1, 0.15) is 19.9 Å². The van der Waals surface area contributed by atoms with Crippen LogP contribution in [0.4, 0.5) is 0 Å². The van der Waals surface area contributed by atoms with E-state index >= 15 is 0 Å². The van der Waals surface area contributed by atoms with Gasteiger partial charge in [0.05, 0.1) is 5.69 Å². The van der Waals surface area contributed by atoms with Crippen molar-refractivity contribution in [2.24, 2.45) is 0 Å². The molecule has 1 unspecified atom stereocenters. The van der Waals surface area contributed by atoms with Crippen LogP contribution in [0.3, 0.4) is 0 Å². The summed E-state index contributed by atoms with van der Waals surface area (Å²) in [7, 11) is 0. The van der Waals surface area contributed by atoms with Crippen molar-refractivity contribution >= 4 is 11.8 Å². The lowest BCUT2D eigenvalue weighted by molar-refractivity contribution is -0.140. The molecule has 1 aliphatic heterocycles. The molecular weight excluding hydrogens is 306 g/mol. The minimum absolute atomic E-state index is 0.0221. The Balaban J connectivity index is 1.66. The van der Waals surface area contributed by atoms with Crippen molar-refractivity contribution in [2.75, 3.05) is 26.2 Å². The van der Waals surface area contributed by atoms with E-state index in [1.54, 1.807) is 33.8 Å². The van der Waals surface area contributed by atoms with E-state index in [1.165, 1.54) is 0 Å². The number of aromatic nitrogens is 3. The lowest BCUT2D eigenvalue weighted by Crippen LogP contribution is -2.51. The van der Waals surface area contributed by atoms with Gasteiger partial charge < -0.3 is 9.80 Å². The molecule has 24 heavy (non-hydrogen) atoms. The Kier molecular flexibility index (Phi) is 4.59. The van der Waals surface area contributed by atoms with Crippen LogP contribution in [0, 0.1) is 0 Å². The number of pyridine rings is 1. The summed E-state index contributed by atoms with van der Waals surface area (Å²) in [5, 5.41) is 4.48. The maximum absolute atomic E-state index is 12.7. The Morgan fingerprint density at radius 1 is 1.04 bits per heavy atom. The van der Waals surface area contributed by atoms with Gasteiger partial charge in [0.15, 0.2) is 0 Å². The minimum atomic E-state index is -0.383. The van der Waals surface area contributed by atoms with Crippen LogP contribution in [0.2, 0.25) is 0 Å². The summed E-state index contributed by atoms with van der Waals surface area (Å²) >= 11 is 0. The average Bonchev–Trinajstić information content (AvgIpc) is 3.11. The van der Waals surface area contributed by atoms with Gasteiger partial charge in [0, 0.05) is 45.5 Å². The molecule has 1 aliphatic rings. The van der Waals surface area contributed by atoms with E-state index in [2.05, 4.69) is 10.1 Å². The van der Waals surface area contributed by atoms with Gasteiger partial charge in [-0.1, -0.05) is 6.07 Å². The van der Waals surface area contributed by atoms with Crippen LogP contribution >= 0.6 is 0 Å². The second kappa shape index (κ2) is 6.82. The van der Waals surface area contributed by atoms with Gasteiger partial charge in [-0.15, -0.1) is 0 Å². The summed E-state index contributed by atoms with van der Waals surface area (Å²) < 4.78 is 1.67. The topological polar surface area (TPSA) is 71.3 Å². The molecule has 0 bridgehead atoms. The zero-order valence-electron chi connectivity index (χ0n) is 13.9. The molecule has 2 amide bonds. The fourth-order valence-corrected chi connectivity index (χ4v) is 2.82. The molecule has 7 nitrogen and oxygen atoms in total. The molecule has 0 spiro atoms. The Morgan fingerprint density at radius 2 is 1.75 bits per heavy atom. The van der Waals surface area contributed by atoms with Crippen molar-refractivity contribution in [1.29, 1.82) is 0 Å². The van der Waals surface area contributed by atoms with Gasteiger partial charge in [-0.05, 0) is 25.1 Å². The number of carbonyl (C=O) groups is 2. The van der Waals surface area contributed by atoms with Crippen molar-refractivity contribution in [1.82, 2.24) is 24.6 Å². The van der Waals surface area contributed by atoms with Crippen molar-refractivity contribution in [3.63, 3.8) is 0 Å². The number of carbonyl (C=O) groups excluding carboxylic acids is 2. The predicted molar refractivity (Wildman–Crippen MR) is 89.0 cm³/mol. The van der Waals surface area contributed by atoms with Crippen LogP contribution in [0.15, 0.2) is 36.7 Å². The number of nitrogens with zero attached hydrogens (tertiary/aromatic N) is 5. The molecule has 1 atom stereocenters. The van der Waals surface area contributed by atoms with Gasteiger partial charge in [-0.25, -0.2) is 0 Å². The predicted octanol–water partition coefficient (Wildman–Crippen LogP) is 1.20. The summed E-state index contributed by atoms with van der Waals surface area (Å²) in [6.45, 7) is 5.71. The molecular formula is C17H21N5O2. The summed E-state index contributed by atoms with van der Waals surface area (Å²) in [4.78, 5) is 31.9. The maximum Gasteiger partial charge on any atom is 0.247 e. The van der Waals surface area contributed by atoms with E-state index in [-0.39, 0.29) is 17.9 Å². The van der Waals surface area contributed by atoms with Gasteiger partial charge >= 0.3 is 0 Å². The Hall–Kier alpha value is -2.70. The standard InChI is InChI=1S/C17H21N5O2/c1-13(17(24)21-11-9-20(10-12-21)14(2)23)22-8-6-16(19-22)15-5-3-4-7-18-15/h3-8,13H,9-12H2,1-2H3. The van der Waals surface area contributed by atoms with Crippen molar-refractivity contribution in [3.8, 4) is 11.4 Å². The Morgan fingerprint density at radius 3 is 2.38 bits per heavy atom. The Labute approximate surface area is 140 Å². The highest BCUT2D eigenvalue weighted by molar-refractivity contribution is 5.80. The number of hydrogen-bond acceptors (Lipinski definition) is 4. The van der Waals surface area contributed by atoms with Crippen molar-refractivity contribution in [2.45, 2.75) is 19.9 Å². The highest BCUT2D eigenvalue weighted by Crippen LogP contribution is 2.17. The van der Waals surface area contributed by atoms with Crippen LogP contribution in [0.5, 0.6) is 0 Å². The van der Waals surface area contributed by atoms with Gasteiger partial charge in [-0.2, -0.15) is 5.10 Å². The van der Waals surface area contributed by atoms with Crippen LogP contribution in [-0.2, 0) is 9.59 Å². The first-order valence-electron chi connectivity index (χ1n) is 8.07. The second-order valence-electron chi connectivity index (χ2n) is 5.90. The van der Waals surface area contributed by atoms with E-state index in [1.807, 2.05) is 31.2 Å². The number of rotatable bonds is 3. The zero-order chi connectivity index (χ0) is 17.1. The second-order valence-corrected chi connectivity index (χ2v) is 5.90. The largest absolute Gasteiger partial charge is 0.339 e. The van der Waals surface area contributed by atoms with E-state index < -0.39 is 0 Å². The smallest absolute Gasteiger partial charge is 0.247 e. The molecule has 7 heteroatoms. The first-order chi connectivity index (χ1) is 11.6. The molecule has 0 N–H and O–H groups in total. The summed E-state index contributed by atoms with van der Waals surface area (Å²) in [6.07, 6.45) is 3.52. The minimum Gasteiger partial charge on any atom is -0.339 e. The van der Waals surface area contributed by atoms with E-state index in [4.69, 9.17) is 0 Å². The van der Waals surface area contributed by atoms with Crippen LogP contribution in [-0.4, -0.2) is 62.6 Å². The lowest BCUT2D eigenvalue weighted by Gasteiger charge is -2.35. The van der Waals surface area contributed by atoms with E-state index in [0.29, 0.717) is 26.2 Å². The Bertz CT molecular complexity index is 720. The van der Waals surface area contributed by atoms with Gasteiger partial charge in [-0.3, -0.25) is 19.3 Å². The van der Waals surface area contributed by atoms with Gasteiger partial charge in [0.2, 0.25) is 11.8 Å². The van der Waals surface area contributed by atoms with E-state index in [9.17, 15) is 9.59 Å². The normalized spacial score (nSPS) is 16.1. The van der Waals surface area contributed by atoms with Gasteiger partial charge in [0.1, 0.15) is 11.7 Å². The molecule has 1 saturated heterocycles. The third kappa shape index (κ3) is 3.29. The molecule has 0 aromatic carbocycles. The summed E-state index contributed by atoms with van der Waals surface area (Å²) in [5.41, 5.74) is 1.53. The van der Waals surface area contributed by atoms with Gasteiger partial charge in [0.25, 0.3) is 0 Å². The van der Waals surface area contributed by atoms with Crippen molar-refractivity contribution in [3.05, 3.63) is 36.7 Å². The summed E-state index contributed by atoms with van der Waals surface area (Å²) in [6, 6.07) is 7.13. The molecule has 0 saturated carbocycles. The highest BCUT2D eigenvalue weighted by atomic mass is 16.2. The number of piperazine rings is 1. The third-order valence-electron chi connectivity index (χ3n) is 4.33. The highest BCUT2D eigenvalue weighted by Gasteiger charge is 2.27. The molecule has 1 fully saturated rings. The van der Waals surface area contributed by atoms with E-state index in [0.717, 1.165) is 11.4 Å². The van der Waals surface area contributed by atoms with Crippen LogP contribution in [0.25, 0.3) is 11.4 Å². The molecule has 2 aromatic heterocycles. The molecule has 0 aliphatic carbocycles. The molecule has 126 valence electrons. The quantitative estimate of drug-likeness (QED) is 0.849. The number of hydrogen-bond donors (Lipinski definition) is 0. The lowest BCUT2D eigenvalue weighted by atomic mass is 10.2. The fraction of sp³-hybridized carbons (Fsp3) is 0.412. The van der Waals surface area contributed by atoms with Crippen LogP contribution < -0.4 is 0 Å². The number of amides is 2.